The van der Waals surface area contributed by atoms with Crippen molar-refractivity contribution in [2.45, 2.75) is 12.7 Å². The van der Waals surface area contributed by atoms with Gasteiger partial charge in [-0.15, -0.1) is 0 Å². The van der Waals surface area contributed by atoms with Gasteiger partial charge in [0, 0.05) is 43.9 Å². The SMILES string of the molecule is COc1cccc(COC(CN2CCN(C(=O)c3ccccn3)CC2)c2ccc(Cl)cc2)c1. The summed E-state index contributed by atoms with van der Waals surface area (Å²) in [6.07, 6.45) is 1.53. The number of hydrogen-bond acceptors (Lipinski definition) is 5. The standard InChI is InChI=1S/C26H28ClN3O3/c1-32-23-6-4-5-20(17-23)19-33-25(21-8-10-22(27)11-9-21)18-29-13-15-30(16-14-29)26(31)24-7-2-3-12-28-24/h2-12,17,25H,13-16,18-19H2,1H3. The summed E-state index contributed by atoms with van der Waals surface area (Å²) in [5.41, 5.74) is 2.62. The van der Waals surface area contributed by atoms with E-state index in [-0.39, 0.29) is 12.0 Å². The van der Waals surface area contributed by atoms with Crippen LogP contribution in [0.5, 0.6) is 5.75 Å². The number of benzene rings is 2. The first-order chi connectivity index (χ1) is 16.1. The minimum absolute atomic E-state index is 0.0150. The van der Waals surface area contributed by atoms with Crippen molar-refractivity contribution < 1.29 is 14.3 Å². The predicted molar refractivity (Wildman–Crippen MR) is 129 cm³/mol. The maximum atomic E-state index is 12.7. The van der Waals surface area contributed by atoms with Gasteiger partial charge in [-0.3, -0.25) is 14.7 Å². The summed E-state index contributed by atoms with van der Waals surface area (Å²) in [4.78, 5) is 21.1. The molecule has 7 heteroatoms. The van der Waals surface area contributed by atoms with Crippen LogP contribution in [0.2, 0.25) is 5.02 Å². The number of methoxy groups -OCH3 is 1. The van der Waals surface area contributed by atoms with Gasteiger partial charge in [-0.05, 0) is 47.5 Å². The minimum atomic E-state index is -0.119. The van der Waals surface area contributed by atoms with Crippen molar-refractivity contribution in [2.75, 3.05) is 39.8 Å². The molecule has 1 aliphatic rings. The van der Waals surface area contributed by atoms with E-state index in [2.05, 4.69) is 9.88 Å². The molecule has 4 rings (SSSR count). The molecule has 0 bridgehead atoms. The van der Waals surface area contributed by atoms with Gasteiger partial charge in [0.1, 0.15) is 11.4 Å². The third kappa shape index (κ3) is 6.32. The molecule has 3 aromatic rings. The van der Waals surface area contributed by atoms with Gasteiger partial charge in [-0.1, -0.05) is 41.9 Å². The fourth-order valence-electron chi connectivity index (χ4n) is 3.91. The van der Waals surface area contributed by atoms with E-state index in [1.54, 1.807) is 19.4 Å². The van der Waals surface area contributed by atoms with Gasteiger partial charge in [0.2, 0.25) is 0 Å². The molecule has 6 nitrogen and oxygen atoms in total. The van der Waals surface area contributed by atoms with Crippen LogP contribution < -0.4 is 4.74 Å². The third-order valence-corrected chi connectivity index (χ3v) is 6.05. The summed E-state index contributed by atoms with van der Waals surface area (Å²) < 4.78 is 11.7. The van der Waals surface area contributed by atoms with E-state index < -0.39 is 0 Å². The van der Waals surface area contributed by atoms with Crippen molar-refractivity contribution in [1.82, 2.24) is 14.8 Å². The molecule has 172 valence electrons. The van der Waals surface area contributed by atoms with Gasteiger partial charge >= 0.3 is 0 Å². The first-order valence-corrected chi connectivity index (χ1v) is 11.4. The molecule has 1 aliphatic heterocycles. The maximum absolute atomic E-state index is 12.7. The Morgan fingerprint density at radius 2 is 1.82 bits per heavy atom. The van der Waals surface area contributed by atoms with Crippen molar-refractivity contribution in [3.63, 3.8) is 0 Å². The summed E-state index contributed by atoms with van der Waals surface area (Å²) in [5, 5.41) is 0.701. The van der Waals surface area contributed by atoms with Gasteiger partial charge in [-0.25, -0.2) is 0 Å². The van der Waals surface area contributed by atoms with E-state index in [4.69, 9.17) is 21.1 Å². The van der Waals surface area contributed by atoms with Crippen LogP contribution in [0.3, 0.4) is 0 Å². The molecule has 33 heavy (non-hydrogen) atoms. The number of amides is 1. The van der Waals surface area contributed by atoms with Crippen molar-refractivity contribution in [3.8, 4) is 5.75 Å². The normalized spacial score (nSPS) is 15.3. The molecular weight excluding hydrogens is 438 g/mol. The van der Waals surface area contributed by atoms with Gasteiger partial charge in [-0.2, -0.15) is 0 Å². The molecular formula is C26H28ClN3O3. The van der Waals surface area contributed by atoms with E-state index in [0.29, 0.717) is 30.4 Å². The van der Waals surface area contributed by atoms with Crippen LogP contribution in [-0.2, 0) is 11.3 Å². The molecule has 0 radical (unpaired) electrons. The van der Waals surface area contributed by atoms with E-state index in [1.165, 1.54) is 0 Å². The van der Waals surface area contributed by atoms with E-state index in [9.17, 15) is 4.79 Å². The lowest BCUT2D eigenvalue weighted by Crippen LogP contribution is -2.49. The van der Waals surface area contributed by atoms with Gasteiger partial charge in [0.05, 0.1) is 19.8 Å². The Morgan fingerprint density at radius 3 is 2.52 bits per heavy atom. The monoisotopic (exact) mass is 465 g/mol. The average Bonchev–Trinajstić information content (AvgIpc) is 2.87. The summed E-state index contributed by atoms with van der Waals surface area (Å²) in [7, 11) is 1.66. The zero-order chi connectivity index (χ0) is 23.0. The number of ether oxygens (including phenoxy) is 2. The molecule has 2 heterocycles. The average molecular weight is 466 g/mol. The van der Waals surface area contributed by atoms with E-state index in [0.717, 1.165) is 36.5 Å². The fourth-order valence-corrected chi connectivity index (χ4v) is 4.04. The maximum Gasteiger partial charge on any atom is 0.272 e. The molecule has 0 aliphatic carbocycles. The van der Waals surface area contributed by atoms with E-state index >= 15 is 0 Å². The predicted octanol–water partition coefficient (Wildman–Crippen LogP) is 4.46. The Kier molecular flexibility index (Phi) is 7.94. The topological polar surface area (TPSA) is 54.9 Å². The Bertz CT molecular complexity index is 1040. The van der Waals surface area contributed by atoms with Crippen LogP contribution in [0, 0.1) is 0 Å². The van der Waals surface area contributed by atoms with Gasteiger partial charge < -0.3 is 14.4 Å². The molecule has 0 saturated carbocycles. The quantitative estimate of drug-likeness (QED) is 0.491. The molecule has 1 aromatic heterocycles. The molecule has 1 atom stereocenters. The zero-order valence-electron chi connectivity index (χ0n) is 18.7. The summed E-state index contributed by atoms with van der Waals surface area (Å²) in [5.74, 6) is 0.798. The molecule has 1 amide bonds. The molecule has 0 spiro atoms. The van der Waals surface area contributed by atoms with Crippen molar-refractivity contribution in [2.24, 2.45) is 0 Å². The molecule has 1 unspecified atom stereocenters. The summed E-state index contributed by atoms with van der Waals surface area (Å²) in [6.45, 7) is 4.10. The lowest BCUT2D eigenvalue weighted by molar-refractivity contribution is 0.00331. The number of carbonyl (C=O) groups is 1. The Balaban J connectivity index is 1.39. The van der Waals surface area contributed by atoms with Crippen LogP contribution in [0.15, 0.2) is 72.9 Å². The Labute approximate surface area is 199 Å². The number of piperazine rings is 1. The fraction of sp³-hybridized carbons (Fsp3) is 0.308. The number of rotatable bonds is 8. The van der Waals surface area contributed by atoms with Crippen LogP contribution in [-0.4, -0.2) is 60.5 Å². The third-order valence-electron chi connectivity index (χ3n) is 5.79. The highest BCUT2D eigenvalue weighted by molar-refractivity contribution is 6.30. The van der Waals surface area contributed by atoms with Crippen molar-refractivity contribution >= 4 is 17.5 Å². The first kappa shape index (κ1) is 23.2. The largest absolute Gasteiger partial charge is 0.497 e. The van der Waals surface area contributed by atoms with Gasteiger partial charge in [0.25, 0.3) is 5.91 Å². The Hall–Kier alpha value is -2.93. The summed E-state index contributed by atoms with van der Waals surface area (Å²) in [6, 6.07) is 21.1. The molecule has 2 aromatic carbocycles. The highest BCUT2D eigenvalue weighted by Crippen LogP contribution is 2.24. The highest BCUT2D eigenvalue weighted by atomic mass is 35.5. The summed E-state index contributed by atoms with van der Waals surface area (Å²) >= 11 is 6.10. The number of pyridine rings is 1. The second-order valence-corrected chi connectivity index (χ2v) is 8.45. The first-order valence-electron chi connectivity index (χ1n) is 11.0. The van der Waals surface area contributed by atoms with Crippen molar-refractivity contribution in [3.05, 3.63) is 94.8 Å². The van der Waals surface area contributed by atoms with Crippen LogP contribution in [0.25, 0.3) is 0 Å². The molecule has 1 saturated heterocycles. The number of aromatic nitrogens is 1. The second-order valence-electron chi connectivity index (χ2n) is 8.01. The van der Waals surface area contributed by atoms with Crippen LogP contribution in [0.4, 0.5) is 0 Å². The number of carbonyl (C=O) groups excluding carboxylic acids is 1. The van der Waals surface area contributed by atoms with Crippen LogP contribution >= 0.6 is 11.6 Å². The molecule has 1 fully saturated rings. The zero-order valence-corrected chi connectivity index (χ0v) is 19.4. The molecule has 0 N–H and O–H groups in total. The Morgan fingerprint density at radius 1 is 1.03 bits per heavy atom. The van der Waals surface area contributed by atoms with Gasteiger partial charge in [0.15, 0.2) is 0 Å². The minimum Gasteiger partial charge on any atom is -0.497 e. The number of nitrogens with zero attached hydrogens (tertiary/aromatic N) is 3. The number of hydrogen-bond donors (Lipinski definition) is 0. The van der Waals surface area contributed by atoms with E-state index in [1.807, 2.05) is 65.6 Å². The van der Waals surface area contributed by atoms with Crippen molar-refractivity contribution in [1.29, 1.82) is 0 Å². The highest BCUT2D eigenvalue weighted by Gasteiger charge is 2.25. The second kappa shape index (κ2) is 11.3. The van der Waals surface area contributed by atoms with Crippen LogP contribution in [0.1, 0.15) is 27.7 Å². The lowest BCUT2D eigenvalue weighted by atomic mass is 10.1. The number of halogens is 1. The lowest BCUT2D eigenvalue weighted by Gasteiger charge is -2.36. The smallest absolute Gasteiger partial charge is 0.272 e.